The Hall–Kier alpha value is -2.25. The van der Waals surface area contributed by atoms with Gasteiger partial charge in [-0.1, -0.05) is 0 Å². The second kappa shape index (κ2) is 6.57. The molecule has 1 aliphatic heterocycles. The molecule has 2 aliphatic rings. The molecule has 0 bridgehead atoms. The Kier molecular flexibility index (Phi) is 4.27. The molecule has 1 unspecified atom stereocenters. The van der Waals surface area contributed by atoms with E-state index in [1.165, 1.54) is 40.3 Å². The van der Waals surface area contributed by atoms with E-state index in [0.717, 1.165) is 13.0 Å². The summed E-state index contributed by atoms with van der Waals surface area (Å²) in [6, 6.07) is 8.66. The van der Waals surface area contributed by atoms with Gasteiger partial charge >= 0.3 is 0 Å². The average Bonchev–Trinajstić information content (AvgIpc) is 3.31. The van der Waals surface area contributed by atoms with E-state index in [-0.39, 0.29) is 11.6 Å². The Morgan fingerprint density at radius 1 is 1.28 bits per heavy atom. The van der Waals surface area contributed by atoms with Crippen LogP contribution in [0.1, 0.15) is 29.3 Å². The highest BCUT2D eigenvalue weighted by atomic mass is 32.1. The van der Waals surface area contributed by atoms with Gasteiger partial charge in [0.25, 0.3) is 11.6 Å². The van der Waals surface area contributed by atoms with Crippen molar-refractivity contribution in [1.29, 1.82) is 0 Å². The fraction of sp³-hybridized carbons (Fsp3) is 0.389. The minimum Gasteiger partial charge on any atom is -0.321 e. The molecule has 0 spiro atoms. The number of hydrogen-bond acceptors (Lipinski definition) is 4. The van der Waals surface area contributed by atoms with Crippen LogP contribution in [0, 0.1) is 16.0 Å². The minimum atomic E-state index is -0.442. The van der Waals surface area contributed by atoms with E-state index in [2.05, 4.69) is 16.8 Å². The van der Waals surface area contributed by atoms with E-state index >= 15 is 0 Å². The molecular formula is C18H20N3O3S+. The molecule has 0 saturated heterocycles. The summed E-state index contributed by atoms with van der Waals surface area (Å²) in [6.07, 6.45) is 3.55. The first kappa shape index (κ1) is 16.2. The molecule has 130 valence electrons. The fourth-order valence-electron chi connectivity index (χ4n) is 3.77. The number of carbonyl (C=O) groups excluding carboxylic acids is 1. The monoisotopic (exact) mass is 358 g/mol. The van der Waals surface area contributed by atoms with Gasteiger partial charge in [0.05, 0.1) is 11.5 Å². The maximum absolute atomic E-state index is 12.5. The van der Waals surface area contributed by atoms with Crippen molar-refractivity contribution in [3.63, 3.8) is 0 Å². The Morgan fingerprint density at radius 3 is 2.72 bits per heavy atom. The predicted molar refractivity (Wildman–Crippen MR) is 95.9 cm³/mol. The van der Waals surface area contributed by atoms with Crippen LogP contribution in [0.5, 0.6) is 0 Å². The van der Waals surface area contributed by atoms with Gasteiger partial charge in [0.15, 0.2) is 6.54 Å². The number of benzene rings is 1. The van der Waals surface area contributed by atoms with Crippen molar-refractivity contribution in [3.8, 4) is 0 Å². The quantitative estimate of drug-likeness (QED) is 0.635. The number of nitrogens with zero attached hydrogens (tertiary/aromatic N) is 1. The number of rotatable bonds is 5. The highest BCUT2D eigenvalue weighted by Crippen LogP contribution is 2.42. The van der Waals surface area contributed by atoms with Gasteiger partial charge in [0.2, 0.25) is 0 Å². The summed E-state index contributed by atoms with van der Waals surface area (Å²) < 4.78 is 0. The van der Waals surface area contributed by atoms with Gasteiger partial charge in [-0.05, 0) is 36.4 Å². The van der Waals surface area contributed by atoms with Crippen LogP contribution in [0.2, 0.25) is 0 Å². The zero-order chi connectivity index (χ0) is 17.4. The molecule has 25 heavy (non-hydrogen) atoms. The molecule has 1 amide bonds. The molecule has 1 aliphatic carbocycles. The molecule has 2 atom stereocenters. The van der Waals surface area contributed by atoms with E-state index in [1.54, 1.807) is 12.1 Å². The highest BCUT2D eigenvalue weighted by Gasteiger charge is 2.43. The number of nitro groups is 1. The Balaban J connectivity index is 1.42. The number of amides is 1. The van der Waals surface area contributed by atoms with Crippen LogP contribution in [0.3, 0.4) is 0 Å². The van der Waals surface area contributed by atoms with Crippen LogP contribution >= 0.6 is 11.3 Å². The zero-order valence-corrected chi connectivity index (χ0v) is 14.6. The summed E-state index contributed by atoms with van der Waals surface area (Å²) in [7, 11) is 0. The molecule has 0 radical (unpaired) electrons. The van der Waals surface area contributed by atoms with Crippen molar-refractivity contribution in [2.75, 3.05) is 18.4 Å². The lowest BCUT2D eigenvalue weighted by Gasteiger charge is -2.32. The summed E-state index contributed by atoms with van der Waals surface area (Å²) >= 11 is 1.83. The molecule has 1 fully saturated rings. The van der Waals surface area contributed by atoms with Crippen LogP contribution in [0.4, 0.5) is 11.4 Å². The SMILES string of the molecule is O=C(C[NH+]1CCc2sccc2[C@@H]1C1CC1)Nc1ccc([N+](=O)[O-])cc1. The first-order valence-corrected chi connectivity index (χ1v) is 9.45. The lowest BCUT2D eigenvalue weighted by atomic mass is 9.96. The number of carbonyl (C=O) groups is 1. The first-order valence-electron chi connectivity index (χ1n) is 8.57. The van der Waals surface area contributed by atoms with E-state index in [1.807, 2.05) is 11.3 Å². The summed E-state index contributed by atoms with van der Waals surface area (Å²) in [5.74, 6) is 0.670. The van der Waals surface area contributed by atoms with Crippen LogP contribution in [-0.2, 0) is 11.2 Å². The number of fused-ring (bicyclic) bond motifs is 1. The highest BCUT2D eigenvalue weighted by molar-refractivity contribution is 7.10. The van der Waals surface area contributed by atoms with Crippen molar-refractivity contribution in [2.24, 2.45) is 5.92 Å². The Bertz CT molecular complexity index is 798. The van der Waals surface area contributed by atoms with Gasteiger partial charge < -0.3 is 10.2 Å². The van der Waals surface area contributed by atoms with Gasteiger partial charge in [-0.3, -0.25) is 14.9 Å². The van der Waals surface area contributed by atoms with Crippen LogP contribution in [0.15, 0.2) is 35.7 Å². The smallest absolute Gasteiger partial charge is 0.279 e. The van der Waals surface area contributed by atoms with Crippen molar-refractivity contribution < 1.29 is 14.6 Å². The molecule has 4 rings (SSSR count). The molecule has 7 heteroatoms. The van der Waals surface area contributed by atoms with Gasteiger partial charge in [0.1, 0.15) is 6.04 Å². The Labute approximate surface area is 149 Å². The largest absolute Gasteiger partial charge is 0.321 e. The summed E-state index contributed by atoms with van der Waals surface area (Å²) in [5, 5.41) is 15.7. The van der Waals surface area contributed by atoms with Crippen LogP contribution in [0.25, 0.3) is 0 Å². The van der Waals surface area contributed by atoms with Gasteiger partial charge in [-0.2, -0.15) is 0 Å². The average molecular weight is 358 g/mol. The van der Waals surface area contributed by atoms with Gasteiger partial charge in [-0.15, -0.1) is 11.3 Å². The second-order valence-corrected chi connectivity index (χ2v) is 7.80. The third kappa shape index (κ3) is 3.43. The molecule has 2 heterocycles. The number of hydrogen-bond donors (Lipinski definition) is 2. The number of anilines is 1. The standard InChI is InChI=1S/C18H19N3O3S/c22-17(19-13-3-5-14(6-4-13)21(23)24)11-20-9-7-16-15(8-10-25-16)18(20)12-1-2-12/h3-6,8,10,12,18H,1-2,7,9,11H2,(H,19,22)/p+1/t18-/m0/s1. The van der Waals surface area contributed by atoms with E-state index in [9.17, 15) is 14.9 Å². The maximum atomic E-state index is 12.5. The second-order valence-electron chi connectivity index (χ2n) is 6.80. The van der Waals surface area contributed by atoms with Crippen molar-refractivity contribution in [1.82, 2.24) is 0 Å². The fourth-order valence-corrected chi connectivity index (χ4v) is 4.70. The first-order chi connectivity index (χ1) is 12.1. The summed E-state index contributed by atoms with van der Waals surface area (Å²) in [4.78, 5) is 25.6. The zero-order valence-electron chi connectivity index (χ0n) is 13.7. The number of thiophene rings is 1. The number of nitrogens with one attached hydrogen (secondary N) is 2. The predicted octanol–water partition coefficient (Wildman–Crippen LogP) is 2.19. The van der Waals surface area contributed by atoms with Crippen molar-refractivity contribution in [2.45, 2.75) is 25.3 Å². The third-order valence-electron chi connectivity index (χ3n) is 5.07. The normalized spacial score (nSPS) is 22.2. The van der Waals surface area contributed by atoms with E-state index in [0.29, 0.717) is 24.2 Å². The van der Waals surface area contributed by atoms with Crippen LogP contribution in [-0.4, -0.2) is 23.9 Å². The van der Waals surface area contributed by atoms with E-state index in [4.69, 9.17) is 0 Å². The topological polar surface area (TPSA) is 76.7 Å². The number of nitro benzene ring substituents is 1. The molecular weight excluding hydrogens is 338 g/mol. The maximum Gasteiger partial charge on any atom is 0.279 e. The lowest BCUT2D eigenvalue weighted by Crippen LogP contribution is -3.14. The molecule has 1 aromatic carbocycles. The van der Waals surface area contributed by atoms with Crippen molar-refractivity contribution in [3.05, 3.63) is 56.3 Å². The van der Waals surface area contributed by atoms with Crippen LogP contribution < -0.4 is 10.2 Å². The van der Waals surface area contributed by atoms with Gasteiger partial charge in [0, 0.05) is 40.6 Å². The Morgan fingerprint density at radius 2 is 2.04 bits per heavy atom. The number of non-ortho nitro benzene ring substituents is 1. The molecule has 1 aromatic heterocycles. The molecule has 2 aromatic rings. The summed E-state index contributed by atoms with van der Waals surface area (Å²) in [6.45, 7) is 1.43. The van der Waals surface area contributed by atoms with Gasteiger partial charge in [-0.25, -0.2) is 0 Å². The third-order valence-corrected chi connectivity index (χ3v) is 6.07. The molecule has 1 saturated carbocycles. The van der Waals surface area contributed by atoms with E-state index < -0.39 is 4.92 Å². The molecule has 2 N–H and O–H groups in total. The van der Waals surface area contributed by atoms with Crippen molar-refractivity contribution >= 4 is 28.6 Å². The lowest BCUT2D eigenvalue weighted by molar-refractivity contribution is -0.928. The minimum absolute atomic E-state index is 0.0263. The summed E-state index contributed by atoms with van der Waals surface area (Å²) in [5.41, 5.74) is 2.07. The molecule has 6 nitrogen and oxygen atoms in total. The number of quaternary nitrogens is 1.